The quantitative estimate of drug-likeness (QED) is 0.0499. The lowest BCUT2D eigenvalue weighted by molar-refractivity contribution is -0.108. The number of benzene rings is 2. The number of nitrogens with zero attached hydrogens (tertiary/aromatic N) is 3. The van der Waals surface area contributed by atoms with Crippen LogP contribution >= 0.6 is 23.2 Å². The van der Waals surface area contributed by atoms with Gasteiger partial charge in [-0.2, -0.15) is 5.10 Å². The Bertz CT molecular complexity index is 1760. The maximum atomic E-state index is 10.9. The van der Waals surface area contributed by atoms with Crippen molar-refractivity contribution in [3.05, 3.63) is 99.0 Å². The van der Waals surface area contributed by atoms with E-state index in [1.807, 2.05) is 62.5 Å². The van der Waals surface area contributed by atoms with Crippen LogP contribution in [0.25, 0.3) is 28.0 Å². The second-order valence-electron chi connectivity index (χ2n) is 13.9. The van der Waals surface area contributed by atoms with Crippen molar-refractivity contribution in [3.8, 4) is 22.3 Å². The van der Waals surface area contributed by atoms with Crippen molar-refractivity contribution in [2.24, 2.45) is 16.6 Å². The van der Waals surface area contributed by atoms with Gasteiger partial charge in [-0.3, -0.25) is 10.2 Å². The van der Waals surface area contributed by atoms with Crippen LogP contribution in [0.1, 0.15) is 123 Å². The number of halogens is 2. The Morgan fingerprint density at radius 3 is 2.20 bits per heavy atom. The van der Waals surface area contributed by atoms with E-state index >= 15 is 0 Å². The van der Waals surface area contributed by atoms with Gasteiger partial charge in [-0.15, -0.1) is 0 Å². The number of aryl methyl sites for hydroxylation is 1. The first-order valence-corrected chi connectivity index (χ1v) is 20.8. The molecule has 0 bridgehead atoms. The van der Waals surface area contributed by atoms with Gasteiger partial charge in [-0.1, -0.05) is 140 Å². The van der Waals surface area contributed by atoms with Crippen molar-refractivity contribution >= 4 is 41.1 Å². The summed E-state index contributed by atoms with van der Waals surface area (Å²) in [7, 11) is 0. The van der Waals surface area contributed by atoms with E-state index < -0.39 is 0 Å². The minimum absolute atomic E-state index is 0.434. The van der Waals surface area contributed by atoms with Crippen LogP contribution in [0.3, 0.4) is 0 Å². The standard InChI is InChI=1S/C37H47Cl2N7O.C5H12.C3H8/c1-6-11-28(40)16-17-29-22-45(43-29)20-26(7-2)34(38)19-35(41)31-13-9-12-30(25(31)5)33-15-10-14-32(37(33)39)27-18-24(4)46(21-27)44-36(8-3)42-23-47;1-3-5-4-2;1-3-2/h9-15,18-19,21,23,29,43H,6-8,16-17,20,22,40-41H2,1-5H3,(H,42,44,47);3-5H2,1-2H3;3H2,1-2H3/b28-11-,34-26-,35-19-;;. The first-order chi connectivity index (χ1) is 26.4. The number of carbonyl (C=O) groups is 1. The number of hydrazine groups is 1. The molecule has 1 aromatic heterocycles. The summed E-state index contributed by atoms with van der Waals surface area (Å²) in [6, 6.07) is 14.5. The number of amides is 1. The highest BCUT2D eigenvalue weighted by molar-refractivity contribution is 6.36. The third kappa shape index (κ3) is 14.6. The van der Waals surface area contributed by atoms with Crippen molar-refractivity contribution in [1.29, 1.82) is 0 Å². The molecule has 1 fully saturated rings. The van der Waals surface area contributed by atoms with Crippen molar-refractivity contribution < 1.29 is 4.79 Å². The van der Waals surface area contributed by atoms with Gasteiger partial charge in [0.1, 0.15) is 5.84 Å². The third-order valence-corrected chi connectivity index (χ3v) is 9.99. The molecule has 4 rings (SSSR count). The summed E-state index contributed by atoms with van der Waals surface area (Å²) in [5.74, 6) is 0.576. The zero-order valence-electron chi connectivity index (χ0n) is 34.9. The monoisotopic (exact) mass is 791 g/mol. The molecule has 1 aliphatic rings. The van der Waals surface area contributed by atoms with E-state index in [4.69, 9.17) is 34.7 Å². The fourth-order valence-electron chi connectivity index (χ4n) is 6.15. The number of nitrogens with two attached hydrogens (primary N) is 2. The lowest BCUT2D eigenvalue weighted by atomic mass is 9.93. The Labute approximate surface area is 342 Å². The molecule has 1 unspecified atom stereocenters. The molecule has 0 aliphatic carbocycles. The van der Waals surface area contributed by atoms with Gasteiger partial charge in [-0.05, 0) is 68.4 Å². The Hall–Kier alpha value is -3.82. The molecule has 0 radical (unpaired) electrons. The summed E-state index contributed by atoms with van der Waals surface area (Å²) in [6.07, 6.45) is 16.2. The van der Waals surface area contributed by atoms with Gasteiger partial charge in [0.25, 0.3) is 0 Å². The number of nitrogens with one attached hydrogen (secondary N) is 2. The fourth-order valence-corrected chi connectivity index (χ4v) is 6.80. The summed E-state index contributed by atoms with van der Waals surface area (Å²) in [6.45, 7) is 20.5. The van der Waals surface area contributed by atoms with Crippen LogP contribution in [0.15, 0.2) is 82.2 Å². The second-order valence-corrected chi connectivity index (χ2v) is 14.7. The smallest absolute Gasteiger partial charge is 0.212 e. The average Bonchev–Trinajstić information content (AvgIpc) is 3.50. The number of hydrogen-bond acceptors (Lipinski definition) is 6. The normalized spacial score (nSPS) is 15.3. The molecule has 302 valence electrons. The first kappa shape index (κ1) is 47.3. The van der Waals surface area contributed by atoms with E-state index in [1.54, 1.807) is 4.68 Å². The Balaban J connectivity index is 0.00000119. The molecule has 6 N–H and O–H groups in total. The molecular weight excluding hydrogens is 725 g/mol. The van der Waals surface area contributed by atoms with Gasteiger partial charge < -0.3 is 16.8 Å². The molecule has 2 heterocycles. The van der Waals surface area contributed by atoms with E-state index in [9.17, 15) is 4.79 Å². The van der Waals surface area contributed by atoms with Crippen molar-refractivity contribution in [2.75, 3.05) is 13.1 Å². The molecule has 1 amide bonds. The molecule has 2 aromatic carbocycles. The molecule has 3 aromatic rings. The zero-order chi connectivity index (χ0) is 40.9. The van der Waals surface area contributed by atoms with E-state index in [2.05, 4.69) is 81.5 Å². The Morgan fingerprint density at radius 1 is 0.982 bits per heavy atom. The molecule has 1 saturated heterocycles. The van der Waals surface area contributed by atoms with Crippen LogP contribution in [0.2, 0.25) is 5.02 Å². The second kappa shape index (κ2) is 25.4. The topological polar surface area (TPSA) is 114 Å². The first-order valence-electron chi connectivity index (χ1n) is 20.1. The lowest BCUT2D eigenvalue weighted by Gasteiger charge is -2.41. The SMILES string of the molecule is CC/C=C(\N)CCC1CN(C/C(CC)=C(Cl)/C=C(\N)c2cccc(-c3cccc(-c4cc(C)n(/N=C(/CC)NC=O)c4)c3Cl)c2C)N1.CCC.CCCCC. The summed E-state index contributed by atoms with van der Waals surface area (Å²) in [5, 5.41) is 10.7. The van der Waals surface area contributed by atoms with E-state index in [0.717, 1.165) is 89.1 Å². The largest absolute Gasteiger partial charge is 0.402 e. The van der Waals surface area contributed by atoms with E-state index in [1.165, 1.54) is 25.7 Å². The number of rotatable bonds is 16. The molecule has 0 spiro atoms. The van der Waals surface area contributed by atoms with Gasteiger partial charge in [0.15, 0.2) is 0 Å². The van der Waals surface area contributed by atoms with Crippen LogP contribution in [0, 0.1) is 13.8 Å². The number of unbranched alkanes of at least 4 members (excludes halogenated alkanes) is 2. The molecule has 0 saturated carbocycles. The van der Waals surface area contributed by atoms with Crippen LogP contribution in [-0.2, 0) is 4.79 Å². The van der Waals surface area contributed by atoms with Crippen molar-refractivity contribution in [3.63, 3.8) is 0 Å². The Morgan fingerprint density at radius 2 is 1.62 bits per heavy atom. The van der Waals surface area contributed by atoms with Crippen LogP contribution in [0.4, 0.5) is 0 Å². The highest BCUT2D eigenvalue weighted by Crippen LogP contribution is 2.39. The van der Waals surface area contributed by atoms with Crippen LogP contribution < -0.4 is 22.2 Å². The maximum absolute atomic E-state index is 10.9. The Kier molecular flexibility index (Phi) is 21.8. The number of amidine groups is 1. The molecule has 1 aliphatic heterocycles. The molecule has 8 nitrogen and oxygen atoms in total. The molecule has 10 heteroatoms. The highest BCUT2D eigenvalue weighted by Gasteiger charge is 2.26. The summed E-state index contributed by atoms with van der Waals surface area (Å²) < 4.78 is 1.76. The van der Waals surface area contributed by atoms with Gasteiger partial charge in [0.2, 0.25) is 6.41 Å². The van der Waals surface area contributed by atoms with Gasteiger partial charge in [0, 0.05) is 76.1 Å². The number of carbonyl (C=O) groups excluding carboxylic acids is 1. The van der Waals surface area contributed by atoms with E-state index in [-0.39, 0.29) is 0 Å². The fraction of sp³-hybridized carbons (Fsp3) is 0.467. The zero-order valence-corrected chi connectivity index (χ0v) is 36.4. The van der Waals surface area contributed by atoms with Gasteiger partial charge in [0.05, 0.1) is 5.02 Å². The highest BCUT2D eigenvalue weighted by atomic mass is 35.5. The molecular formula is C45H67Cl2N7O. The van der Waals surface area contributed by atoms with Crippen LogP contribution in [-0.4, -0.2) is 41.1 Å². The molecule has 55 heavy (non-hydrogen) atoms. The summed E-state index contributed by atoms with van der Waals surface area (Å²) in [5.41, 5.74) is 25.5. The van der Waals surface area contributed by atoms with E-state index in [0.29, 0.717) is 40.5 Å². The van der Waals surface area contributed by atoms with Crippen molar-refractivity contribution in [2.45, 2.75) is 126 Å². The number of aromatic nitrogens is 1. The van der Waals surface area contributed by atoms with Crippen molar-refractivity contribution in [1.82, 2.24) is 20.4 Å². The van der Waals surface area contributed by atoms with Gasteiger partial charge >= 0.3 is 0 Å². The predicted octanol–water partition coefficient (Wildman–Crippen LogP) is 11.4. The summed E-state index contributed by atoms with van der Waals surface area (Å²) >= 11 is 14.0. The third-order valence-electron chi connectivity index (χ3n) is 9.21. The predicted molar refractivity (Wildman–Crippen MR) is 239 cm³/mol. The average molecular weight is 793 g/mol. The number of allylic oxidation sites excluding steroid dienone is 4. The maximum Gasteiger partial charge on any atom is 0.212 e. The molecule has 1 atom stereocenters. The van der Waals surface area contributed by atoms with Crippen LogP contribution in [0.5, 0.6) is 0 Å². The minimum Gasteiger partial charge on any atom is -0.402 e. The number of hydrogen-bond donors (Lipinski definition) is 4. The van der Waals surface area contributed by atoms with Gasteiger partial charge in [-0.25, -0.2) is 9.69 Å². The lowest BCUT2D eigenvalue weighted by Crippen LogP contribution is -2.62. The minimum atomic E-state index is 0.434. The summed E-state index contributed by atoms with van der Waals surface area (Å²) in [4.78, 5) is 10.9.